The van der Waals surface area contributed by atoms with Crippen molar-refractivity contribution in [3.8, 4) is 0 Å². The highest BCUT2D eigenvalue weighted by atomic mass is 16.5. The van der Waals surface area contributed by atoms with Gasteiger partial charge in [-0.3, -0.25) is 4.79 Å². The summed E-state index contributed by atoms with van der Waals surface area (Å²) in [5, 5.41) is 3.66. The SMILES string of the molecule is O=c1ccc2c([nH]1)CCC(NC1CCOC1)C2. The first kappa shape index (κ1) is 11.0. The molecule has 1 fully saturated rings. The second-order valence-electron chi connectivity index (χ2n) is 4.99. The van der Waals surface area contributed by atoms with Crippen LogP contribution in [0.3, 0.4) is 0 Å². The molecule has 3 rings (SSSR count). The second kappa shape index (κ2) is 4.63. The Morgan fingerprint density at radius 2 is 2.24 bits per heavy atom. The van der Waals surface area contributed by atoms with E-state index in [-0.39, 0.29) is 5.56 Å². The van der Waals surface area contributed by atoms with E-state index >= 15 is 0 Å². The Morgan fingerprint density at radius 1 is 1.29 bits per heavy atom. The molecule has 1 aromatic rings. The van der Waals surface area contributed by atoms with Crippen LogP contribution in [0.1, 0.15) is 24.1 Å². The highest BCUT2D eigenvalue weighted by Crippen LogP contribution is 2.19. The van der Waals surface area contributed by atoms with Gasteiger partial charge in [0.05, 0.1) is 6.61 Å². The van der Waals surface area contributed by atoms with Gasteiger partial charge in [0.25, 0.3) is 0 Å². The van der Waals surface area contributed by atoms with Gasteiger partial charge in [0.1, 0.15) is 0 Å². The Morgan fingerprint density at radius 3 is 3.06 bits per heavy atom. The van der Waals surface area contributed by atoms with Gasteiger partial charge < -0.3 is 15.0 Å². The van der Waals surface area contributed by atoms with Gasteiger partial charge in [-0.05, 0) is 31.2 Å². The van der Waals surface area contributed by atoms with Gasteiger partial charge in [0, 0.05) is 30.5 Å². The van der Waals surface area contributed by atoms with Crippen LogP contribution in [-0.4, -0.2) is 30.3 Å². The molecule has 1 aliphatic carbocycles. The summed E-state index contributed by atoms with van der Waals surface area (Å²) in [6.07, 6.45) is 4.21. The van der Waals surface area contributed by atoms with Crippen molar-refractivity contribution in [3.63, 3.8) is 0 Å². The third-order valence-electron chi connectivity index (χ3n) is 3.71. The first-order chi connectivity index (χ1) is 8.31. The first-order valence-corrected chi connectivity index (χ1v) is 6.36. The number of nitrogens with one attached hydrogen (secondary N) is 2. The van der Waals surface area contributed by atoms with Gasteiger partial charge in [-0.25, -0.2) is 0 Å². The lowest BCUT2D eigenvalue weighted by molar-refractivity contribution is 0.187. The number of ether oxygens (including phenoxy) is 1. The Bertz CT molecular complexity index is 449. The lowest BCUT2D eigenvalue weighted by atomic mass is 9.91. The van der Waals surface area contributed by atoms with Crippen LogP contribution in [0.15, 0.2) is 16.9 Å². The summed E-state index contributed by atoms with van der Waals surface area (Å²) >= 11 is 0. The molecule has 0 saturated carbocycles. The van der Waals surface area contributed by atoms with Crippen molar-refractivity contribution < 1.29 is 4.74 Å². The summed E-state index contributed by atoms with van der Waals surface area (Å²) in [5.74, 6) is 0. The van der Waals surface area contributed by atoms with Gasteiger partial charge >= 0.3 is 0 Å². The fourth-order valence-electron chi connectivity index (χ4n) is 2.79. The van der Waals surface area contributed by atoms with Crippen molar-refractivity contribution in [3.05, 3.63) is 33.7 Å². The van der Waals surface area contributed by atoms with Crippen LogP contribution in [0.5, 0.6) is 0 Å². The van der Waals surface area contributed by atoms with Gasteiger partial charge in [-0.2, -0.15) is 0 Å². The van der Waals surface area contributed by atoms with E-state index in [4.69, 9.17) is 4.74 Å². The highest BCUT2D eigenvalue weighted by molar-refractivity contribution is 5.24. The summed E-state index contributed by atoms with van der Waals surface area (Å²) in [4.78, 5) is 14.1. The Kier molecular flexibility index (Phi) is 2.99. The second-order valence-corrected chi connectivity index (χ2v) is 4.99. The average molecular weight is 234 g/mol. The summed E-state index contributed by atoms with van der Waals surface area (Å²) in [7, 11) is 0. The number of hydrogen-bond donors (Lipinski definition) is 2. The number of fused-ring (bicyclic) bond motifs is 1. The van der Waals surface area contributed by atoms with Gasteiger partial charge in [0.15, 0.2) is 0 Å². The minimum Gasteiger partial charge on any atom is -0.380 e. The van der Waals surface area contributed by atoms with E-state index < -0.39 is 0 Å². The maximum atomic E-state index is 11.2. The molecule has 17 heavy (non-hydrogen) atoms. The Hall–Kier alpha value is -1.13. The normalized spacial score (nSPS) is 28.0. The lowest BCUT2D eigenvalue weighted by Gasteiger charge is -2.27. The van der Waals surface area contributed by atoms with E-state index in [9.17, 15) is 4.79 Å². The molecule has 4 heteroatoms. The summed E-state index contributed by atoms with van der Waals surface area (Å²) in [6, 6.07) is 4.64. The minimum absolute atomic E-state index is 0.0133. The molecule has 0 bridgehead atoms. The van der Waals surface area contributed by atoms with Crippen LogP contribution >= 0.6 is 0 Å². The molecular formula is C13H18N2O2. The average Bonchev–Trinajstić information content (AvgIpc) is 2.82. The molecule has 0 amide bonds. The molecule has 2 atom stereocenters. The summed E-state index contributed by atoms with van der Waals surface area (Å²) < 4.78 is 5.37. The molecule has 1 saturated heterocycles. The minimum atomic E-state index is 0.0133. The highest BCUT2D eigenvalue weighted by Gasteiger charge is 2.23. The number of pyridine rings is 1. The fraction of sp³-hybridized carbons (Fsp3) is 0.615. The number of aryl methyl sites for hydroxylation is 1. The monoisotopic (exact) mass is 234 g/mol. The number of rotatable bonds is 2. The largest absolute Gasteiger partial charge is 0.380 e. The third-order valence-corrected chi connectivity index (χ3v) is 3.71. The number of aromatic amines is 1. The predicted molar refractivity (Wildman–Crippen MR) is 65.2 cm³/mol. The molecule has 1 aromatic heterocycles. The van der Waals surface area contributed by atoms with E-state index in [2.05, 4.69) is 10.3 Å². The molecule has 0 radical (unpaired) electrons. The molecule has 2 heterocycles. The summed E-state index contributed by atoms with van der Waals surface area (Å²) in [5.41, 5.74) is 2.42. The van der Waals surface area contributed by atoms with Crippen molar-refractivity contribution >= 4 is 0 Å². The van der Waals surface area contributed by atoms with Crippen LogP contribution in [0.2, 0.25) is 0 Å². The molecule has 1 aliphatic heterocycles. The molecular weight excluding hydrogens is 216 g/mol. The molecule has 0 spiro atoms. The van der Waals surface area contributed by atoms with Crippen LogP contribution in [-0.2, 0) is 17.6 Å². The maximum Gasteiger partial charge on any atom is 0.248 e. The van der Waals surface area contributed by atoms with Crippen molar-refractivity contribution in [1.29, 1.82) is 0 Å². The molecule has 4 nitrogen and oxygen atoms in total. The van der Waals surface area contributed by atoms with Crippen molar-refractivity contribution in [1.82, 2.24) is 10.3 Å². The van der Waals surface area contributed by atoms with Gasteiger partial charge in [-0.15, -0.1) is 0 Å². The number of H-pyrrole nitrogens is 1. The van der Waals surface area contributed by atoms with Gasteiger partial charge in [-0.1, -0.05) is 6.07 Å². The predicted octanol–water partition coefficient (Wildman–Crippen LogP) is 0.611. The Labute approximate surface area is 100 Å². The lowest BCUT2D eigenvalue weighted by Crippen LogP contribution is -2.42. The molecule has 0 aromatic carbocycles. The van der Waals surface area contributed by atoms with Crippen LogP contribution in [0, 0.1) is 0 Å². The first-order valence-electron chi connectivity index (χ1n) is 6.36. The third kappa shape index (κ3) is 2.42. The van der Waals surface area contributed by atoms with Gasteiger partial charge in [0.2, 0.25) is 5.56 Å². The number of aromatic nitrogens is 1. The molecule has 2 N–H and O–H groups in total. The van der Waals surface area contributed by atoms with Crippen LogP contribution in [0.4, 0.5) is 0 Å². The van der Waals surface area contributed by atoms with E-state index in [0.29, 0.717) is 12.1 Å². The zero-order chi connectivity index (χ0) is 11.7. The van der Waals surface area contributed by atoms with Crippen molar-refractivity contribution in [2.24, 2.45) is 0 Å². The number of hydrogen-bond acceptors (Lipinski definition) is 3. The zero-order valence-electron chi connectivity index (χ0n) is 9.87. The van der Waals surface area contributed by atoms with E-state index in [1.807, 2.05) is 6.07 Å². The standard InChI is InChI=1S/C13H18N2O2/c16-13-4-1-9-7-10(2-3-12(9)15-13)14-11-5-6-17-8-11/h1,4,10-11,14H,2-3,5-8H2,(H,15,16). The van der Waals surface area contributed by atoms with E-state index in [0.717, 1.165) is 44.6 Å². The molecule has 2 aliphatic rings. The van der Waals surface area contributed by atoms with E-state index in [1.165, 1.54) is 5.56 Å². The van der Waals surface area contributed by atoms with Crippen LogP contribution < -0.4 is 10.9 Å². The summed E-state index contributed by atoms with van der Waals surface area (Å²) in [6.45, 7) is 1.73. The fourth-order valence-corrected chi connectivity index (χ4v) is 2.79. The molecule has 92 valence electrons. The van der Waals surface area contributed by atoms with E-state index in [1.54, 1.807) is 6.07 Å². The topological polar surface area (TPSA) is 54.1 Å². The maximum absolute atomic E-state index is 11.2. The van der Waals surface area contributed by atoms with Crippen LogP contribution in [0.25, 0.3) is 0 Å². The van der Waals surface area contributed by atoms with Crippen molar-refractivity contribution in [2.75, 3.05) is 13.2 Å². The molecule has 2 unspecified atom stereocenters. The Balaban J connectivity index is 1.67. The van der Waals surface area contributed by atoms with Crippen molar-refractivity contribution in [2.45, 2.75) is 37.8 Å². The quantitative estimate of drug-likeness (QED) is 0.788. The smallest absolute Gasteiger partial charge is 0.248 e. The zero-order valence-corrected chi connectivity index (χ0v) is 9.87.